The Morgan fingerprint density at radius 3 is 2.44 bits per heavy atom. The van der Waals surface area contributed by atoms with E-state index in [-0.39, 0.29) is 29.8 Å². The minimum Gasteiger partial charge on any atom is -0.352 e. The van der Waals surface area contributed by atoms with Crippen molar-refractivity contribution in [3.8, 4) is 0 Å². The smallest absolute Gasteiger partial charge is 0.251 e. The fourth-order valence-corrected chi connectivity index (χ4v) is 3.76. The number of hydrogen-bond donors (Lipinski definition) is 3. The second-order valence-corrected chi connectivity index (χ2v) is 7.98. The minimum absolute atomic E-state index is 0. The molecular formula is C16H22ClN3O3S2. The largest absolute Gasteiger partial charge is 0.352 e. The van der Waals surface area contributed by atoms with Crippen molar-refractivity contribution in [1.82, 2.24) is 10.0 Å². The number of nitrogens with one attached hydrogen (secondary N) is 2. The van der Waals surface area contributed by atoms with Gasteiger partial charge in [0.25, 0.3) is 5.91 Å². The molecule has 25 heavy (non-hydrogen) atoms. The van der Waals surface area contributed by atoms with E-state index in [9.17, 15) is 13.2 Å². The van der Waals surface area contributed by atoms with Crippen LogP contribution in [0.2, 0.25) is 0 Å². The van der Waals surface area contributed by atoms with E-state index in [2.05, 4.69) is 10.0 Å². The molecule has 6 nitrogen and oxygen atoms in total. The molecule has 0 atom stereocenters. The summed E-state index contributed by atoms with van der Waals surface area (Å²) in [5.41, 5.74) is 5.83. The maximum absolute atomic E-state index is 12.2. The molecule has 9 heteroatoms. The number of rotatable bonds is 9. The number of unbranched alkanes of at least 4 members (excludes halogenated alkanes) is 1. The monoisotopic (exact) mass is 403 g/mol. The Hall–Kier alpha value is -1.45. The molecule has 1 amide bonds. The lowest BCUT2D eigenvalue weighted by Crippen LogP contribution is -2.25. The minimum atomic E-state index is -3.59. The van der Waals surface area contributed by atoms with E-state index < -0.39 is 10.0 Å². The Morgan fingerprint density at radius 2 is 1.84 bits per heavy atom. The highest BCUT2D eigenvalue weighted by atomic mass is 35.5. The van der Waals surface area contributed by atoms with E-state index in [1.807, 2.05) is 17.5 Å². The van der Waals surface area contributed by atoms with E-state index in [1.165, 1.54) is 35.6 Å². The first kappa shape index (κ1) is 21.6. The molecular weight excluding hydrogens is 382 g/mol. The predicted octanol–water partition coefficient (Wildman–Crippen LogP) is 2.12. The Morgan fingerprint density at radius 1 is 1.12 bits per heavy atom. The van der Waals surface area contributed by atoms with Gasteiger partial charge in [0.15, 0.2) is 0 Å². The molecule has 1 aromatic carbocycles. The number of amides is 1. The third-order valence-corrected chi connectivity index (χ3v) is 5.65. The highest BCUT2D eigenvalue weighted by Crippen LogP contribution is 2.13. The maximum atomic E-state index is 12.2. The highest BCUT2D eigenvalue weighted by Gasteiger charge is 2.15. The Kier molecular flexibility index (Phi) is 9.09. The van der Waals surface area contributed by atoms with Crippen molar-refractivity contribution in [1.29, 1.82) is 0 Å². The number of hydrogen-bond acceptors (Lipinski definition) is 5. The summed E-state index contributed by atoms with van der Waals surface area (Å²) in [7, 11) is -3.59. The summed E-state index contributed by atoms with van der Waals surface area (Å²) >= 11 is 1.49. The molecule has 0 aliphatic rings. The topological polar surface area (TPSA) is 101 Å². The lowest BCUT2D eigenvalue weighted by Gasteiger charge is -2.08. The van der Waals surface area contributed by atoms with Crippen LogP contribution in [-0.4, -0.2) is 27.4 Å². The zero-order chi connectivity index (χ0) is 17.4. The molecule has 0 aliphatic heterocycles. The summed E-state index contributed by atoms with van der Waals surface area (Å²) in [5, 5.41) is 4.67. The van der Waals surface area contributed by atoms with Gasteiger partial charge in [-0.15, -0.1) is 23.7 Å². The quantitative estimate of drug-likeness (QED) is 0.558. The van der Waals surface area contributed by atoms with E-state index in [0.717, 1.165) is 17.7 Å². The molecule has 0 aliphatic carbocycles. The molecule has 2 rings (SSSR count). The van der Waals surface area contributed by atoms with Crippen LogP contribution in [0.25, 0.3) is 0 Å². The summed E-state index contributed by atoms with van der Waals surface area (Å²) in [6.45, 7) is 1.41. The van der Waals surface area contributed by atoms with Crippen LogP contribution in [0.5, 0.6) is 0 Å². The molecule has 1 aromatic heterocycles. The number of carbonyl (C=O) groups is 1. The van der Waals surface area contributed by atoms with Crippen LogP contribution in [0.4, 0.5) is 0 Å². The first-order valence-corrected chi connectivity index (χ1v) is 9.99. The van der Waals surface area contributed by atoms with Crippen LogP contribution < -0.4 is 15.8 Å². The predicted molar refractivity (Wildman–Crippen MR) is 103 cm³/mol. The molecule has 0 saturated heterocycles. The molecule has 0 saturated carbocycles. The molecule has 138 valence electrons. The Labute approximate surface area is 158 Å². The average molecular weight is 404 g/mol. The molecule has 4 N–H and O–H groups in total. The van der Waals surface area contributed by atoms with Gasteiger partial charge < -0.3 is 11.1 Å². The molecule has 0 unspecified atom stereocenters. The average Bonchev–Trinajstić information content (AvgIpc) is 3.10. The maximum Gasteiger partial charge on any atom is 0.251 e. The first-order chi connectivity index (χ1) is 11.5. The SMILES string of the molecule is Cl.NCCCCNC(=O)c1ccc(S(=O)(=O)NCc2cccs2)cc1. The van der Waals surface area contributed by atoms with Gasteiger partial charge in [0, 0.05) is 23.5 Å². The summed E-state index contributed by atoms with van der Waals surface area (Å²) in [5.74, 6) is -0.220. The lowest BCUT2D eigenvalue weighted by atomic mass is 10.2. The van der Waals surface area contributed by atoms with Gasteiger partial charge in [-0.25, -0.2) is 13.1 Å². The molecule has 0 fully saturated rings. The van der Waals surface area contributed by atoms with Crippen molar-refractivity contribution < 1.29 is 13.2 Å². The van der Waals surface area contributed by atoms with Gasteiger partial charge in [0.2, 0.25) is 10.0 Å². The summed E-state index contributed by atoms with van der Waals surface area (Å²) in [6, 6.07) is 9.63. The summed E-state index contributed by atoms with van der Waals surface area (Å²) in [6.07, 6.45) is 1.68. The third-order valence-electron chi connectivity index (χ3n) is 3.36. The standard InChI is InChI=1S/C16H21N3O3S2.ClH/c17-9-1-2-10-18-16(20)13-5-7-15(8-6-13)24(21,22)19-12-14-4-3-11-23-14;/h3-8,11,19H,1-2,9-10,12,17H2,(H,18,20);1H. The Bertz CT molecular complexity index is 747. The number of nitrogens with two attached hydrogens (primary N) is 1. The molecule has 0 radical (unpaired) electrons. The van der Waals surface area contributed by atoms with Crippen LogP contribution in [-0.2, 0) is 16.6 Å². The number of thiophene rings is 1. The van der Waals surface area contributed by atoms with Crippen molar-refractivity contribution in [2.75, 3.05) is 13.1 Å². The van der Waals surface area contributed by atoms with Gasteiger partial charge in [-0.1, -0.05) is 6.07 Å². The van der Waals surface area contributed by atoms with E-state index in [0.29, 0.717) is 18.7 Å². The highest BCUT2D eigenvalue weighted by molar-refractivity contribution is 7.89. The number of halogens is 1. The molecule has 0 spiro atoms. The molecule has 0 bridgehead atoms. The fourth-order valence-electron chi connectivity index (χ4n) is 2.02. The van der Waals surface area contributed by atoms with Gasteiger partial charge in [0.05, 0.1) is 4.90 Å². The van der Waals surface area contributed by atoms with E-state index in [4.69, 9.17) is 5.73 Å². The van der Waals surface area contributed by atoms with Crippen molar-refractivity contribution in [2.24, 2.45) is 5.73 Å². The zero-order valence-electron chi connectivity index (χ0n) is 13.6. The fraction of sp³-hybridized carbons (Fsp3) is 0.312. The molecule has 1 heterocycles. The first-order valence-electron chi connectivity index (χ1n) is 7.63. The van der Waals surface area contributed by atoms with Gasteiger partial charge in [-0.05, 0) is 55.1 Å². The summed E-state index contributed by atoms with van der Waals surface area (Å²) < 4.78 is 27.0. The van der Waals surface area contributed by atoms with Crippen molar-refractivity contribution in [3.63, 3.8) is 0 Å². The zero-order valence-corrected chi connectivity index (χ0v) is 16.1. The number of sulfonamides is 1. The Balaban J connectivity index is 0.00000312. The van der Waals surface area contributed by atoms with Crippen molar-refractivity contribution >= 4 is 39.7 Å². The van der Waals surface area contributed by atoms with Gasteiger partial charge in [-0.2, -0.15) is 0 Å². The van der Waals surface area contributed by atoms with E-state index >= 15 is 0 Å². The second-order valence-electron chi connectivity index (χ2n) is 5.18. The van der Waals surface area contributed by atoms with Crippen molar-refractivity contribution in [2.45, 2.75) is 24.3 Å². The normalized spacial score (nSPS) is 10.9. The van der Waals surface area contributed by atoms with Crippen LogP contribution in [0.15, 0.2) is 46.7 Å². The van der Waals surface area contributed by atoms with Gasteiger partial charge >= 0.3 is 0 Å². The van der Waals surface area contributed by atoms with Gasteiger partial charge in [0.1, 0.15) is 0 Å². The number of carbonyl (C=O) groups excluding carboxylic acids is 1. The van der Waals surface area contributed by atoms with Crippen molar-refractivity contribution in [3.05, 3.63) is 52.2 Å². The van der Waals surface area contributed by atoms with Crippen LogP contribution in [0.1, 0.15) is 28.1 Å². The van der Waals surface area contributed by atoms with Crippen LogP contribution in [0, 0.1) is 0 Å². The third kappa shape index (κ3) is 6.75. The van der Waals surface area contributed by atoms with Crippen LogP contribution in [0.3, 0.4) is 0 Å². The van der Waals surface area contributed by atoms with Crippen LogP contribution >= 0.6 is 23.7 Å². The molecule has 2 aromatic rings. The second kappa shape index (κ2) is 10.5. The summed E-state index contributed by atoms with van der Waals surface area (Å²) in [4.78, 5) is 13.0. The number of benzene rings is 1. The van der Waals surface area contributed by atoms with E-state index in [1.54, 1.807) is 0 Å². The lowest BCUT2D eigenvalue weighted by molar-refractivity contribution is 0.0953. The van der Waals surface area contributed by atoms with Gasteiger partial charge in [-0.3, -0.25) is 4.79 Å².